The van der Waals surface area contributed by atoms with Crippen molar-refractivity contribution >= 4 is 33.1 Å². The molecule has 0 unspecified atom stereocenters. The summed E-state index contributed by atoms with van der Waals surface area (Å²) in [5, 5.41) is 10.3. The molecule has 0 amide bonds. The largest absolute Gasteiger partial charge is 0.479 e. The number of hydrogen-bond donors (Lipinski definition) is 1. The summed E-state index contributed by atoms with van der Waals surface area (Å²) in [6.45, 7) is 1.89. The topological polar surface area (TPSA) is 96.0 Å². The zero-order valence-electron chi connectivity index (χ0n) is 16.1. The van der Waals surface area contributed by atoms with Gasteiger partial charge in [0.2, 0.25) is 15.9 Å². The number of aromatic hydroxyl groups is 1. The van der Waals surface area contributed by atoms with Gasteiger partial charge in [-0.15, -0.1) is 0 Å². The molecule has 1 N–H and O–H groups in total. The molecular weight excluding hydrogens is 390 g/mol. The van der Waals surface area contributed by atoms with E-state index in [1.54, 1.807) is 18.2 Å². The van der Waals surface area contributed by atoms with Gasteiger partial charge in [-0.1, -0.05) is 24.3 Å². The smallest absolute Gasteiger partial charge is 0.310 e. The molecule has 0 atom stereocenters. The molecule has 3 aromatic rings. The Morgan fingerprint density at radius 2 is 1.86 bits per heavy atom. The summed E-state index contributed by atoms with van der Waals surface area (Å²) in [5.74, 6) is -0.211. The van der Waals surface area contributed by atoms with Crippen molar-refractivity contribution in [2.45, 2.75) is 11.8 Å². The van der Waals surface area contributed by atoms with Crippen LogP contribution in [-0.2, 0) is 10.0 Å². The number of sulfonamides is 1. The van der Waals surface area contributed by atoms with E-state index < -0.39 is 10.0 Å². The molecule has 0 spiro atoms. The molecular formula is C21H19N3O4S. The second-order valence-corrected chi connectivity index (χ2v) is 8.95. The molecule has 1 aromatic heterocycles. The number of oxazole rings is 1. The lowest BCUT2D eigenvalue weighted by molar-refractivity contribution is 0.336. The molecule has 0 aliphatic carbocycles. The quantitative estimate of drug-likeness (QED) is 0.704. The van der Waals surface area contributed by atoms with Crippen molar-refractivity contribution in [3.63, 3.8) is 0 Å². The average molecular weight is 409 g/mol. The number of aliphatic imine (C=N–C) groups is 1. The SMILES string of the molecule is CC1=Nc2ccccc2C1=Cc1nc(-c2cccc(S(=O)(=O)N(C)C)c2)oc1O. The summed E-state index contributed by atoms with van der Waals surface area (Å²) in [7, 11) is -0.667. The molecule has 148 valence electrons. The Bertz CT molecular complexity index is 1270. The van der Waals surface area contributed by atoms with Crippen LogP contribution in [0.25, 0.3) is 23.1 Å². The van der Waals surface area contributed by atoms with Gasteiger partial charge >= 0.3 is 5.95 Å². The molecule has 0 saturated heterocycles. The molecule has 0 fully saturated rings. The second kappa shape index (κ2) is 6.98. The predicted molar refractivity (Wildman–Crippen MR) is 112 cm³/mol. The number of para-hydroxylation sites is 1. The average Bonchev–Trinajstić information content (AvgIpc) is 3.22. The van der Waals surface area contributed by atoms with E-state index in [-0.39, 0.29) is 22.4 Å². The predicted octanol–water partition coefficient (Wildman–Crippen LogP) is 3.94. The fourth-order valence-corrected chi connectivity index (χ4v) is 4.04. The molecule has 0 radical (unpaired) electrons. The fourth-order valence-electron chi connectivity index (χ4n) is 3.10. The maximum absolute atomic E-state index is 12.4. The van der Waals surface area contributed by atoms with Gasteiger partial charge in [-0.3, -0.25) is 4.99 Å². The minimum Gasteiger partial charge on any atom is -0.479 e. The first kappa shape index (κ1) is 19.1. The minimum absolute atomic E-state index is 0.116. The van der Waals surface area contributed by atoms with Crippen LogP contribution in [0.2, 0.25) is 0 Å². The monoisotopic (exact) mass is 409 g/mol. The number of hydrogen-bond acceptors (Lipinski definition) is 6. The van der Waals surface area contributed by atoms with Gasteiger partial charge in [0.1, 0.15) is 5.69 Å². The highest BCUT2D eigenvalue weighted by atomic mass is 32.2. The standard InChI is InChI=1S/C21H19N3O4S/c1-13-17(16-9-4-5-10-18(16)22-13)12-19-21(25)28-20(23-19)14-7-6-8-15(11-14)29(26,27)24(2)3/h4-12,25H,1-3H3. The van der Waals surface area contributed by atoms with Crippen LogP contribution in [0.4, 0.5) is 5.69 Å². The van der Waals surface area contributed by atoms with E-state index in [4.69, 9.17) is 4.42 Å². The molecule has 2 aromatic carbocycles. The van der Waals surface area contributed by atoms with Gasteiger partial charge in [-0.25, -0.2) is 17.7 Å². The molecule has 1 aliphatic rings. The maximum atomic E-state index is 12.4. The number of nitrogens with zero attached hydrogens (tertiary/aromatic N) is 3. The van der Waals surface area contributed by atoms with Gasteiger partial charge in [0, 0.05) is 36.5 Å². The van der Waals surface area contributed by atoms with E-state index in [9.17, 15) is 13.5 Å². The van der Waals surface area contributed by atoms with Crippen LogP contribution >= 0.6 is 0 Å². The molecule has 1 aliphatic heterocycles. The van der Waals surface area contributed by atoms with Crippen molar-refractivity contribution in [1.82, 2.24) is 9.29 Å². The summed E-state index contributed by atoms with van der Waals surface area (Å²) >= 11 is 0. The third kappa shape index (κ3) is 3.37. The lowest BCUT2D eigenvalue weighted by Gasteiger charge is -2.11. The summed E-state index contributed by atoms with van der Waals surface area (Å²) in [4.78, 5) is 8.99. The number of aromatic nitrogens is 1. The summed E-state index contributed by atoms with van der Waals surface area (Å²) in [5.41, 5.74) is 4.18. The van der Waals surface area contributed by atoms with Crippen LogP contribution < -0.4 is 0 Å². The normalized spacial score (nSPS) is 15.0. The van der Waals surface area contributed by atoms with Crippen molar-refractivity contribution in [1.29, 1.82) is 0 Å². The molecule has 0 bridgehead atoms. The summed E-state index contributed by atoms with van der Waals surface area (Å²) in [6.07, 6.45) is 1.72. The van der Waals surface area contributed by atoms with Crippen LogP contribution in [0.1, 0.15) is 18.2 Å². The minimum atomic E-state index is -3.60. The molecule has 7 nitrogen and oxygen atoms in total. The Kier molecular flexibility index (Phi) is 4.60. The van der Waals surface area contributed by atoms with Crippen LogP contribution in [-0.4, -0.2) is 42.6 Å². The maximum Gasteiger partial charge on any atom is 0.310 e. The number of rotatable bonds is 4. The fraction of sp³-hybridized carbons (Fsp3) is 0.143. The summed E-state index contributed by atoms with van der Waals surface area (Å²) < 4.78 is 31.3. The number of fused-ring (bicyclic) bond motifs is 1. The van der Waals surface area contributed by atoms with Crippen molar-refractivity contribution in [2.75, 3.05) is 14.1 Å². The van der Waals surface area contributed by atoms with E-state index in [1.165, 1.54) is 26.2 Å². The second-order valence-electron chi connectivity index (χ2n) is 6.80. The van der Waals surface area contributed by atoms with Crippen LogP contribution in [0.3, 0.4) is 0 Å². The first-order chi connectivity index (χ1) is 13.8. The zero-order chi connectivity index (χ0) is 20.8. The van der Waals surface area contributed by atoms with Crippen LogP contribution in [0, 0.1) is 0 Å². The highest BCUT2D eigenvalue weighted by Crippen LogP contribution is 2.37. The zero-order valence-corrected chi connectivity index (χ0v) is 16.9. The van der Waals surface area contributed by atoms with Crippen molar-refractivity contribution in [3.8, 4) is 17.4 Å². The van der Waals surface area contributed by atoms with E-state index in [0.29, 0.717) is 5.56 Å². The lowest BCUT2D eigenvalue weighted by Crippen LogP contribution is -2.22. The molecule has 0 saturated carbocycles. The van der Waals surface area contributed by atoms with E-state index >= 15 is 0 Å². The number of benzene rings is 2. The highest BCUT2D eigenvalue weighted by Gasteiger charge is 2.22. The van der Waals surface area contributed by atoms with Crippen LogP contribution in [0.15, 0.2) is 62.8 Å². The number of allylic oxidation sites excluding steroid dienone is 1. The van der Waals surface area contributed by atoms with E-state index in [0.717, 1.165) is 26.8 Å². The third-order valence-electron chi connectivity index (χ3n) is 4.65. The molecule has 8 heteroatoms. The van der Waals surface area contributed by atoms with Gasteiger partial charge in [0.15, 0.2) is 0 Å². The Hall–Kier alpha value is -3.23. The van der Waals surface area contributed by atoms with Crippen molar-refractivity contribution in [3.05, 3.63) is 59.8 Å². The molecule has 4 rings (SSSR count). The van der Waals surface area contributed by atoms with Gasteiger partial charge in [-0.05, 0) is 37.3 Å². The molecule has 2 heterocycles. The highest BCUT2D eigenvalue weighted by molar-refractivity contribution is 7.89. The Labute approximate surface area is 168 Å². The first-order valence-corrected chi connectivity index (χ1v) is 10.3. The van der Waals surface area contributed by atoms with Gasteiger partial charge in [-0.2, -0.15) is 0 Å². The van der Waals surface area contributed by atoms with Crippen molar-refractivity contribution < 1.29 is 17.9 Å². The first-order valence-electron chi connectivity index (χ1n) is 8.87. The van der Waals surface area contributed by atoms with Gasteiger partial charge in [0.25, 0.3) is 0 Å². The Morgan fingerprint density at radius 1 is 1.10 bits per heavy atom. The summed E-state index contributed by atoms with van der Waals surface area (Å²) in [6, 6.07) is 14.0. The van der Waals surface area contributed by atoms with Crippen LogP contribution in [0.5, 0.6) is 5.95 Å². The van der Waals surface area contributed by atoms with E-state index in [1.807, 2.05) is 31.2 Å². The molecule has 29 heavy (non-hydrogen) atoms. The third-order valence-corrected chi connectivity index (χ3v) is 6.46. The Balaban J connectivity index is 1.75. The lowest BCUT2D eigenvalue weighted by atomic mass is 10.0. The van der Waals surface area contributed by atoms with E-state index in [2.05, 4.69) is 9.98 Å². The van der Waals surface area contributed by atoms with Gasteiger partial charge < -0.3 is 9.52 Å². The van der Waals surface area contributed by atoms with Gasteiger partial charge in [0.05, 0.1) is 10.6 Å². The Morgan fingerprint density at radius 3 is 2.62 bits per heavy atom. The van der Waals surface area contributed by atoms with Crippen molar-refractivity contribution in [2.24, 2.45) is 4.99 Å².